The first kappa shape index (κ1) is 16.4. The third-order valence-corrected chi connectivity index (χ3v) is 5.07. The largest absolute Gasteiger partial charge is 0.334 e. The normalized spacial score (nSPS) is 22.2. The molecule has 0 radical (unpaired) electrons. The number of urea groups is 1. The second-order valence-corrected chi connectivity index (χ2v) is 6.94. The molecule has 2 saturated heterocycles. The van der Waals surface area contributed by atoms with Crippen LogP contribution in [0.1, 0.15) is 18.4 Å². The Bertz CT molecular complexity index is 800. The Morgan fingerprint density at radius 2 is 2.04 bits per heavy atom. The van der Waals surface area contributed by atoms with Crippen LogP contribution in [0.15, 0.2) is 43.2 Å². The van der Waals surface area contributed by atoms with Gasteiger partial charge in [-0.05, 0) is 18.1 Å². The van der Waals surface area contributed by atoms with Gasteiger partial charge in [0.15, 0.2) is 0 Å². The molecular weight excluding hydrogens is 332 g/mol. The van der Waals surface area contributed by atoms with E-state index in [0.29, 0.717) is 38.3 Å². The van der Waals surface area contributed by atoms with Gasteiger partial charge in [-0.2, -0.15) is 0 Å². The predicted molar refractivity (Wildman–Crippen MR) is 94.1 cm³/mol. The third kappa shape index (κ3) is 3.22. The number of nitrogens with zero attached hydrogens (tertiary/aromatic N) is 5. The van der Waals surface area contributed by atoms with Crippen molar-refractivity contribution in [3.63, 3.8) is 0 Å². The van der Waals surface area contributed by atoms with Gasteiger partial charge in [0, 0.05) is 50.4 Å². The lowest BCUT2D eigenvalue weighted by Crippen LogP contribution is -2.40. The number of hydrogen-bond donors (Lipinski definition) is 1. The van der Waals surface area contributed by atoms with Crippen molar-refractivity contribution in [3.05, 3.63) is 48.8 Å². The van der Waals surface area contributed by atoms with Gasteiger partial charge >= 0.3 is 6.03 Å². The summed E-state index contributed by atoms with van der Waals surface area (Å²) in [5, 5.41) is 2.93. The minimum absolute atomic E-state index is 0.0671. The second-order valence-electron chi connectivity index (χ2n) is 6.94. The lowest BCUT2D eigenvalue weighted by Gasteiger charge is -2.24. The Kier molecular flexibility index (Phi) is 4.24. The summed E-state index contributed by atoms with van der Waals surface area (Å²) in [6, 6.07) is 3.67. The molecule has 2 aliphatic heterocycles. The zero-order valence-electron chi connectivity index (χ0n) is 14.3. The highest BCUT2D eigenvalue weighted by atomic mass is 16.2. The monoisotopic (exact) mass is 352 g/mol. The van der Waals surface area contributed by atoms with E-state index in [9.17, 15) is 9.59 Å². The lowest BCUT2D eigenvalue weighted by molar-refractivity contribution is -0.117. The Labute approximate surface area is 151 Å². The van der Waals surface area contributed by atoms with Crippen LogP contribution < -0.4 is 10.2 Å². The molecular formula is C18H20N6O2. The summed E-state index contributed by atoms with van der Waals surface area (Å²) in [7, 11) is 0. The summed E-state index contributed by atoms with van der Waals surface area (Å²) in [6.45, 7) is 2.29. The van der Waals surface area contributed by atoms with Crippen LogP contribution in [0.2, 0.25) is 0 Å². The third-order valence-electron chi connectivity index (χ3n) is 5.07. The number of anilines is 1. The molecule has 134 valence electrons. The quantitative estimate of drug-likeness (QED) is 0.896. The van der Waals surface area contributed by atoms with Gasteiger partial charge < -0.3 is 15.1 Å². The maximum atomic E-state index is 12.5. The fourth-order valence-corrected chi connectivity index (χ4v) is 3.74. The number of aromatic nitrogens is 3. The van der Waals surface area contributed by atoms with Crippen LogP contribution in [0, 0.1) is 5.41 Å². The van der Waals surface area contributed by atoms with Crippen LogP contribution in [0.3, 0.4) is 0 Å². The molecule has 1 N–H and O–H groups in total. The SMILES string of the molecule is O=C(NCc1cccnc1)N1CC[C@]2(CC(=O)N(c3cncnc3)C2)C1. The Morgan fingerprint density at radius 1 is 1.19 bits per heavy atom. The number of carbonyl (C=O) groups excluding carboxylic acids is 2. The van der Waals surface area contributed by atoms with E-state index in [1.165, 1.54) is 6.33 Å². The van der Waals surface area contributed by atoms with Crippen LogP contribution in [0.25, 0.3) is 0 Å². The van der Waals surface area contributed by atoms with Crippen molar-refractivity contribution < 1.29 is 9.59 Å². The topological polar surface area (TPSA) is 91.3 Å². The van der Waals surface area contributed by atoms with Crippen molar-refractivity contribution in [2.24, 2.45) is 5.41 Å². The van der Waals surface area contributed by atoms with Gasteiger partial charge in [0.05, 0.1) is 18.1 Å². The van der Waals surface area contributed by atoms with E-state index in [2.05, 4.69) is 20.3 Å². The van der Waals surface area contributed by atoms with Crippen LogP contribution in [0.5, 0.6) is 0 Å². The van der Waals surface area contributed by atoms with Crippen LogP contribution in [-0.2, 0) is 11.3 Å². The van der Waals surface area contributed by atoms with E-state index in [1.54, 1.807) is 34.6 Å². The molecule has 2 aliphatic rings. The van der Waals surface area contributed by atoms with Gasteiger partial charge in [0.25, 0.3) is 0 Å². The number of amides is 3. The molecule has 2 fully saturated rings. The molecule has 1 spiro atoms. The molecule has 1 atom stereocenters. The lowest BCUT2D eigenvalue weighted by atomic mass is 9.86. The van der Waals surface area contributed by atoms with Crippen LogP contribution in [-0.4, -0.2) is 51.4 Å². The van der Waals surface area contributed by atoms with E-state index in [-0.39, 0.29) is 17.4 Å². The smallest absolute Gasteiger partial charge is 0.317 e. The summed E-state index contributed by atoms with van der Waals surface area (Å²) >= 11 is 0. The molecule has 4 heterocycles. The minimum atomic E-state index is -0.182. The second kappa shape index (κ2) is 6.70. The molecule has 0 unspecified atom stereocenters. The number of pyridine rings is 1. The fourth-order valence-electron chi connectivity index (χ4n) is 3.74. The van der Waals surface area contributed by atoms with Crippen LogP contribution in [0.4, 0.5) is 10.5 Å². The first-order chi connectivity index (χ1) is 12.7. The standard InChI is InChI=1S/C18H20N6O2/c25-16-6-18(12-24(16)15-9-20-13-21-10-15)3-5-23(11-18)17(26)22-8-14-2-1-4-19-7-14/h1-2,4,7,9-10,13H,3,5-6,8,11-12H2,(H,22,26)/t18-/m0/s1. The summed E-state index contributed by atoms with van der Waals surface area (Å²) in [5.74, 6) is 0.0671. The summed E-state index contributed by atoms with van der Waals surface area (Å²) in [6.07, 6.45) is 9.47. The molecule has 0 saturated carbocycles. The van der Waals surface area contributed by atoms with Gasteiger partial charge in [0.2, 0.25) is 5.91 Å². The number of nitrogens with one attached hydrogen (secondary N) is 1. The zero-order valence-corrected chi connectivity index (χ0v) is 14.3. The van der Waals surface area contributed by atoms with E-state index >= 15 is 0 Å². The molecule has 0 bridgehead atoms. The summed E-state index contributed by atoms with van der Waals surface area (Å²) in [5.41, 5.74) is 1.49. The van der Waals surface area contributed by atoms with E-state index in [4.69, 9.17) is 0 Å². The Morgan fingerprint density at radius 3 is 2.81 bits per heavy atom. The molecule has 2 aromatic heterocycles. The fraction of sp³-hybridized carbons (Fsp3) is 0.389. The highest BCUT2D eigenvalue weighted by molar-refractivity contribution is 5.96. The van der Waals surface area contributed by atoms with Crippen molar-refractivity contribution in [2.45, 2.75) is 19.4 Å². The average molecular weight is 352 g/mol. The molecule has 0 aliphatic carbocycles. The molecule has 8 heteroatoms. The van der Waals surface area contributed by atoms with Gasteiger partial charge in [-0.1, -0.05) is 6.07 Å². The first-order valence-corrected chi connectivity index (χ1v) is 8.62. The van der Waals surface area contributed by atoms with E-state index in [0.717, 1.165) is 12.0 Å². The first-order valence-electron chi connectivity index (χ1n) is 8.62. The minimum Gasteiger partial charge on any atom is -0.334 e. The molecule has 26 heavy (non-hydrogen) atoms. The van der Waals surface area contributed by atoms with Crippen molar-refractivity contribution in [1.29, 1.82) is 0 Å². The van der Waals surface area contributed by atoms with Crippen molar-refractivity contribution in [1.82, 2.24) is 25.2 Å². The van der Waals surface area contributed by atoms with Crippen molar-refractivity contribution in [2.75, 3.05) is 24.5 Å². The maximum Gasteiger partial charge on any atom is 0.317 e. The highest BCUT2D eigenvalue weighted by Crippen LogP contribution is 2.41. The predicted octanol–water partition coefficient (Wildman–Crippen LogP) is 1.21. The van der Waals surface area contributed by atoms with Gasteiger partial charge in [0.1, 0.15) is 6.33 Å². The Balaban J connectivity index is 1.37. The molecule has 8 nitrogen and oxygen atoms in total. The van der Waals surface area contributed by atoms with Crippen LogP contribution >= 0.6 is 0 Å². The zero-order chi connectivity index (χ0) is 18.0. The highest BCUT2D eigenvalue weighted by Gasteiger charge is 2.48. The average Bonchev–Trinajstić information content (AvgIpc) is 3.24. The summed E-state index contributed by atoms with van der Waals surface area (Å²) in [4.78, 5) is 40.5. The number of carbonyl (C=O) groups is 2. The van der Waals surface area contributed by atoms with Crippen molar-refractivity contribution >= 4 is 17.6 Å². The number of likely N-dealkylation sites (tertiary alicyclic amines) is 1. The molecule has 0 aromatic carbocycles. The van der Waals surface area contributed by atoms with E-state index in [1.807, 2.05) is 12.1 Å². The number of rotatable bonds is 3. The van der Waals surface area contributed by atoms with Gasteiger partial charge in [-0.3, -0.25) is 9.78 Å². The molecule has 2 aromatic rings. The Hall–Kier alpha value is -3.03. The maximum absolute atomic E-state index is 12.5. The van der Waals surface area contributed by atoms with E-state index < -0.39 is 0 Å². The van der Waals surface area contributed by atoms with Crippen molar-refractivity contribution in [3.8, 4) is 0 Å². The molecule has 3 amide bonds. The van der Waals surface area contributed by atoms with Gasteiger partial charge in [-0.25, -0.2) is 14.8 Å². The molecule has 4 rings (SSSR count). The van der Waals surface area contributed by atoms with Gasteiger partial charge in [-0.15, -0.1) is 0 Å². The number of hydrogen-bond acceptors (Lipinski definition) is 5. The summed E-state index contributed by atoms with van der Waals surface area (Å²) < 4.78 is 0.